The van der Waals surface area contributed by atoms with Gasteiger partial charge in [0.15, 0.2) is 11.5 Å². The minimum Gasteiger partial charge on any atom is -0.591 e. The Kier molecular flexibility index (Phi) is 6.75. The van der Waals surface area contributed by atoms with Crippen LogP contribution in [0.1, 0.15) is 53.5 Å². The zero-order valence-electron chi connectivity index (χ0n) is 14.3. The predicted molar refractivity (Wildman–Crippen MR) is 93.2 cm³/mol. The van der Waals surface area contributed by atoms with Crippen LogP contribution in [0.2, 0.25) is 0 Å². The first-order chi connectivity index (χ1) is 10.1. The standard InChI is InChI=1S/C17H27NO3S/c1-12(2)21-16-11-14(9-10-15(16)19)8-7-13(3)18-22(20)17(4,5)6/h9-12,19H,7-8H2,1-6H3/b18-13+/t22-/m1/s1. The smallest absolute Gasteiger partial charge is 0.161 e. The number of aryl methyl sites for hydroxylation is 1. The molecular weight excluding hydrogens is 298 g/mol. The fraction of sp³-hybridized carbons (Fsp3) is 0.588. The molecule has 1 atom stereocenters. The number of benzene rings is 1. The van der Waals surface area contributed by atoms with Crippen LogP contribution in [0.3, 0.4) is 0 Å². The molecule has 1 aromatic carbocycles. The van der Waals surface area contributed by atoms with Crippen molar-refractivity contribution in [3.8, 4) is 11.5 Å². The number of hydrogen-bond acceptors (Lipinski definition) is 4. The molecule has 0 saturated heterocycles. The maximum absolute atomic E-state index is 12.0. The van der Waals surface area contributed by atoms with Crippen LogP contribution in [0.4, 0.5) is 0 Å². The van der Waals surface area contributed by atoms with Gasteiger partial charge in [0.25, 0.3) is 0 Å². The number of rotatable bonds is 6. The van der Waals surface area contributed by atoms with Gasteiger partial charge >= 0.3 is 0 Å². The molecule has 0 fully saturated rings. The summed E-state index contributed by atoms with van der Waals surface area (Å²) in [4.78, 5) is 0. The molecule has 0 spiro atoms. The third-order valence-electron chi connectivity index (χ3n) is 2.92. The van der Waals surface area contributed by atoms with Gasteiger partial charge in [0.05, 0.1) is 11.8 Å². The molecule has 1 aromatic rings. The van der Waals surface area contributed by atoms with Crippen LogP contribution in [0.25, 0.3) is 0 Å². The zero-order valence-corrected chi connectivity index (χ0v) is 15.2. The van der Waals surface area contributed by atoms with Crippen LogP contribution in [0, 0.1) is 0 Å². The lowest BCUT2D eigenvalue weighted by Crippen LogP contribution is -2.26. The lowest BCUT2D eigenvalue weighted by molar-refractivity contribution is 0.231. The number of hydrogen-bond donors (Lipinski definition) is 1. The van der Waals surface area contributed by atoms with Gasteiger partial charge in [0.2, 0.25) is 0 Å². The minimum atomic E-state index is -1.22. The van der Waals surface area contributed by atoms with E-state index in [1.165, 1.54) is 0 Å². The van der Waals surface area contributed by atoms with Crippen LogP contribution in [0.5, 0.6) is 11.5 Å². The third kappa shape index (κ3) is 6.28. The number of ether oxygens (including phenoxy) is 1. The van der Waals surface area contributed by atoms with E-state index in [1.54, 1.807) is 6.07 Å². The fourth-order valence-electron chi connectivity index (χ4n) is 1.71. The summed E-state index contributed by atoms with van der Waals surface area (Å²) in [5.74, 6) is 0.650. The number of phenols is 1. The molecule has 0 aromatic heterocycles. The van der Waals surface area contributed by atoms with Crippen molar-refractivity contribution in [2.75, 3.05) is 0 Å². The van der Waals surface area contributed by atoms with Crippen molar-refractivity contribution >= 4 is 17.1 Å². The van der Waals surface area contributed by atoms with Crippen molar-refractivity contribution in [2.24, 2.45) is 4.40 Å². The summed E-state index contributed by atoms with van der Waals surface area (Å²) in [5.41, 5.74) is 1.93. The molecule has 0 aliphatic carbocycles. The monoisotopic (exact) mass is 325 g/mol. The summed E-state index contributed by atoms with van der Waals surface area (Å²) in [6.07, 6.45) is 1.51. The van der Waals surface area contributed by atoms with Gasteiger partial charge in [-0.05, 0) is 72.1 Å². The molecule has 124 valence electrons. The van der Waals surface area contributed by atoms with Gasteiger partial charge in [-0.3, -0.25) is 0 Å². The Bertz CT molecular complexity index is 521. The lowest BCUT2D eigenvalue weighted by atomic mass is 10.1. The summed E-state index contributed by atoms with van der Waals surface area (Å²) in [7, 11) is 0. The molecule has 0 unspecified atom stereocenters. The van der Waals surface area contributed by atoms with Gasteiger partial charge in [0.1, 0.15) is 16.1 Å². The summed E-state index contributed by atoms with van der Waals surface area (Å²) in [6.45, 7) is 11.5. The molecule has 22 heavy (non-hydrogen) atoms. The van der Waals surface area contributed by atoms with E-state index in [2.05, 4.69) is 4.40 Å². The van der Waals surface area contributed by atoms with E-state index in [9.17, 15) is 9.66 Å². The van der Waals surface area contributed by atoms with E-state index in [0.29, 0.717) is 5.75 Å². The Labute approximate surface area is 136 Å². The van der Waals surface area contributed by atoms with Gasteiger partial charge in [-0.15, -0.1) is 0 Å². The first-order valence-corrected chi connectivity index (χ1v) is 8.65. The second kappa shape index (κ2) is 7.88. The summed E-state index contributed by atoms with van der Waals surface area (Å²) in [6, 6.07) is 5.37. The Balaban J connectivity index is 2.70. The SMILES string of the molecule is C/C(CCc1ccc(O)c(OC(C)C)c1)=N\[S@+]([O-])C(C)(C)C. The molecule has 0 saturated carbocycles. The fourth-order valence-corrected chi connectivity index (χ4v) is 2.36. The largest absolute Gasteiger partial charge is 0.591 e. The highest BCUT2D eigenvalue weighted by atomic mass is 32.2. The Morgan fingerprint density at radius 1 is 1.36 bits per heavy atom. The second-order valence-corrected chi connectivity index (χ2v) is 8.56. The molecule has 1 N–H and O–H groups in total. The first-order valence-electron chi connectivity index (χ1n) is 7.54. The lowest BCUT2D eigenvalue weighted by Gasteiger charge is -2.18. The van der Waals surface area contributed by atoms with Gasteiger partial charge in [-0.2, -0.15) is 0 Å². The molecule has 0 aliphatic heterocycles. The first kappa shape index (κ1) is 18.8. The summed E-state index contributed by atoms with van der Waals surface area (Å²) < 4.78 is 21.5. The summed E-state index contributed by atoms with van der Waals surface area (Å²) in [5, 5.41) is 9.78. The van der Waals surface area contributed by atoms with Crippen LogP contribution in [-0.4, -0.2) is 26.2 Å². The van der Waals surface area contributed by atoms with Crippen LogP contribution < -0.4 is 4.74 Å². The van der Waals surface area contributed by atoms with Crippen molar-refractivity contribution in [2.45, 2.75) is 65.2 Å². The molecule has 0 aliphatic rings. The van der Waals surface area contributed by atoms with E-state index in [-0.39, 0.29) is 16.6 Å². The average molecular weight is 325 g/mol. The molecule has 0 amide bonds. The maximum atomic E-state index is 12.0. The quantitative estimate of drug-likeness (QED) is 0.634. The molecule has 0 radical (unpaired) electrons. The predicted octanol–water partition coefficient (Wildman–Crippen LogP) is 4.04. The number of nitrogens with zero attached hydrogens (tertiary/aromatic N) is 1. The Morgan fingerprint density at radius 3 is 2.55 bits per heavy atom. The van der Waals surface area contributed by atoms with Crippen LogP contribution in [0.15, 0.2) is 22.6 Å². The van der Waals surface area contributed by atoms with E-state index in [4.69, 9.17) is 4.74 Å². The number of aromatic hydroxyl groups is 1. The van der Waals surface area contributed by atoms with Crippen molar-refractivity contribution < 1.29 is 14.4 Å². The normalized spacial score (nSPS) is 14.3. The van der Waals surface area contributed by atoms with Crippen LogP contribution in [-0.2, 0) is 17.8 Å². The van der Waals surface area contributed by atoms with E-state index < -0.39 is 11.4 Å². The maximum Gasteiger partial charge on any atom is 0.161 e. The van der Waals surface area contributed by atoms with Crippen molar-refractivity contribution in [1.82, 2.24) is 0 Å². The topological polar surface area (TPSA) is 64.9 Å². The van der Waals surface area contributed by atoms with E-state index in [0.717, 1.165) is 24.1 Å². The highest BCUT2D eigenvalue weighted by Gasteiger charge is 2.26. The van der Waals surface area contributed by atoms with Crippen molar-refractivity contribution in [3.63, 3.8) is 0 Å². The van der Waals surface area contributed by atoms with Gasteiger partial charge in [-0.25, -0.2) is 0 Å². The van der Waals surface area contributed by atoms with Gasteiger partial charge < -0.3 is 14.4 Å². The second-order valence-electron chi connectivity index (χ2n) is 6.66. The van der Waals surface area contributed by atoms with Crippen molar-refractivity contribution in [1.29, 1.82) is 0 Å². The highest BCUT2D eigenvalue weighted by molar-refractivity contribution is 7.91. The third-order valence-corrected chi connectivity index (χ3v) is 4.45. The van der Waals surface area contributed by atoms with E-state index in [1.807, 2.05) is 53.7 Å². The molecule has 0 bridgehead atoms. The molecule has 5 heteroatoms. The zero-order chi connectivity index (χ0) is 16.9. The van der Waals surface area contributed by atoms with Crippen molar-refractivity contribution in [3.05, 3.63) is 23.8 Å². The molecule has 4 nitrogen and oxygen atoms in total. The highest BCUT2D eigenvalue weighted by Crippen LogP contribution is 2.28. The van der Waals surface area contributed by atoms with Crippen LogP contribution >= 0.6 is 0 Å². The van der Waals surface area contributed by atoms with E-state index >= 15 is 0 Å². The Morgan fingerprint density at radius 2 is 2.00 bits per heavy atom. The molecule has 0 heterocycles. The molecular formula is C17H27NO3S. The Hall–Kier alpha value is -1.20. The summed E-state index contributed by atoms with van der Waals surface area (Å²) >= 11 is -1.22. The minimum absolute atomic E-state index is 0.0126. The molecule has 1 rings (SSSR count). The number of phenolic OH excluding ortho intramolecular Hbond substituents is 1. The average Bonchev–Trinajstić information content (AvgIpc) is 2.38. The van der Waals surface area contributed by atoms with Gasteiger partial charge in [0, 0.05) is 0 Å². The van der Waals surface area contributed by atoms with Gasteiger partial charge in [-0.1, -0.05) is 10.5 Å².